The van der Waals surface area contributed by atoms with Crippen LogP contribution in [-0.2, 0) is 20.7 Å². The number of carbonyl (C=O) groups excluding carboxylic acids is 4. The fourth-order valence-corrected chi connectivity index (χ4v) is 5.85. The lowest BCUT2D eigenvalue weighted by atomic mass is 9.58. The highest BCUT2D eigenvalue weighted by molar-refractivity contribution is 6.34. The van der Waals surface area contributed by atoms with E-state index in [0.29, 0.717) is 0 Å². The number of nitrogens with two attached hydrogens (primary N) is 1. The number of anilines is 1. The summed E-state index contributed by atoms with van der Waals surface area (Å²) >= 11 is 6.22. The number of primary amides is 1. The second-order valence-corrected chi connectivity index (χ2v) is 9.59. The number of nitrogens with zero attached hydrogens (tertiary/aromatic N) is 1. The molecule has 4 atom stereocenters. The van der Waals surface area contributed by atoms with E-state index in [2.05, 4.69) is 10.1 Å². The highest BCUT2D eigenvalue weighted by Gasteiger charge is 2.63. The average molecular weight is 522 g/mol. The molecule has 0 saturated carbocycles. The van der Waals surface area contributed by atoms with Gasteiger partial charge in [-0.15, -0.1) is 0 Å². The zero-order valence-corrected chi connectivity index (χ0v) is 20.2. The summed E-state index contributed by atoms with van der Waals surface area (Å²) in [4.78, 5) is 52.1. The largest absolute Gasteiger partial charge is 0.510 e. The van der Waals surface area contributed by atoms with Crippen LogP contribution >= 0.6 is 11.6 Å². The highest BCUT2D eigenvalue weighted by Crippen LogP contribution is 2.53. The number of methoxy groups -OCH3 is 1. The zero-order chi connectivity index (χ0) is 26.9. The minimum atomic E-state index is -2.74. The van der Waals surface area contributed by atoms with Crippen molar-refractivity contribution in [3.05, 3.63) is 44.9 Å². The first-order valence-corrected chi connectivity index (χ1v) is 11.2. The molecular formula is C23H24ClN3O9. The molecule has 1 aromatic carbocycles. The van der Waals surface area contributed by atoms with Gasteiger partial charge in [-0.25, -0.2) is 4.79 Å². The Labute approximate surface area is 209 Å². The minimum Gasteiger partial charge on any atom is -0.510 e. The fraction of sp³-hybridized carbons (Fsp3) is 0.391. The Morgan fingerprint density at radius 3 is 2.44 bits per heavy atom. The standard InChI is InChI=1S/C23H24ClN3O9/c1-27(2)16-9-5-7-4-8-13(11(28)6-10(24)15(8)26-22(34)36-3)17(29)12(7)19(31)23(9,35)20(32)14(18(16)30)21(25)33/h6-7,9,16,28,30-31,35H,4-5H2,1-3H3,(H2,25,33)(H,26,34)/t7?,9?,16-,23-/m0/s1. The van der Waals surface area contributed by atoms with Crippen molar-refractivity contribution in [1.82, 2.24) is 4.90 Å². The number of carbonyl (C=O) groups is 4. The lowest BCUT2D eigenvalue weighted by molar-refractivity contribution is -0.148. The number of hydrogen-bond donors (Lipinski definition) is 6. The molecule has 12 nitrogen and oxygen atoms in total. The molecule has 0 heterocycles. The Bertz CT molecular complexity index is 1300. The predicted octanol–water partition coefficient (Wildman–Crippen LogP) is 0.952. The molecule has 0 spiro atoms. The quantitative estimate of drug-likeness (QED) is 0.246. The molecule has 36 heavy (non-hydrogen) atoms. The van der Waals surface area contributed by atoms with Gasteiger partial charge in [-0.3, -0.25) is 24.6 Å². The maximum Gasteiger partial charge on any atom is 0.411 e. The summed E-state index contributed by atoms with van der Waals surface area (Å²) in [7, 11) is 4.19. The van der Waals surface area contributed by atoms with Crippen molar-refractivity contribution < 1.29 is 44.3 Å². The van der Waals surface area contributed by atoms with Gasteiger partial charge in [0, 0.05) is 17.6 Å². The van der Waals surface area contributed by atoms with Gasteiger partial charge in [0.2, 0.25) is 5.78 Å². The number of aliphatic hydroxyl groups excluding tert-OH is 2. The van der Waals surface area contributed by atoms with Crippen LogP contribution in [0, 0.1) is 11.8 Å². The molecule has 192 valence electrons. The summed E-state index contributed by atoms with van der Waals surface area (Å²) < 4.78 is 4.61. The van der Waals surface area contributed by atoms with E-state index in [4.69, 9.17) is 17.3 Å². The van der Waals surface area contributed by atoms with Crippen LogP contribution in [0.2, 0.25) is 5.02 Å². The topological polar surface area (TPSA) is 200 Å². The number of aliphatic hydroxyl groups is 3. The van der Waals surface area contributed by atoms with Crippen LogP contribution in [0.5, 0.6) is 5.75 Å². The molecule has 4 rings (SSSR count). The van der Waals surface area contributed by atoms with Gasteiger partial charge in [0.25, 0.3) is 5.91 Å². The maximum absolute atomic E-state index is 13.6. The van der Waals surface area contributed by atoms with Crippen molar-refractivity contribution in [3.8, 4) is 5.75 Å². The molecule has 1 aromatic rings. The smallest absolute Gasteiger partial charge is 0.411 e. The number of ketones is 2. The van der Waals surface area contributed by atoms with Crippen LogP contribution in [-0.4, -0.2) is 81.7 Å². The van der Waals surface area contributed by atoms with Gasteiger partial charge in [-0.2, -0.15) is 0 Å². The summed E-state index contributed by atoms with van der Waals surface area (Å²) in [6, 6.07) is -0.0856. The van der Waals surface area contributed by atoms with Gasteiger partial charge >= 0.3 is 6.09 Å². The van der Waals surface area contributed by atoms with E-state index in [1.807, 2.05) is 0 Å². The number of nitrogens with one attached hydrogen (secondary N) is 1. The van der Waals surface area contributed by atoms with Gasteiger partial charge < -0.3 is 30.9 Å². The number of phenolic OH excluding ortho intramolecular Hbond substituents is 1. The second-order valence-electron chi connectivity index (χ2n) is 9.19. The first-order chi connectivity index (χ1) is 16.8. The monoisotopic (exact) mass is 521 g/mol. The third-order valence-corrected chi connectivity index (χ3v) is 7.39. The number of halogens is 1. The molecule has 0 aliphatic heterocycles. The van der Waals surface area contributed by atoms with Crippen LogP contribution in [0.1, 0.15) is 22.3 Å². The third-order valence-electron chi connectivity index (χ3n) is 7.09. The van der Waals surface area contributed by atoms with E-state index < -0.39 is 69.9 Å². The van der Waals surface area contributed by atoms with Crippen LogP contribution < -0.4 is 11.1 Å². The number of aromatic hydroxyl groups is 1. The van der Waals surface area contributed by atoms with Crippen LogP contribution in [0.25, 0.3) is 0 Å². The SMILES string of the molecule is COC(=O)Nc1c(Cl)cc(O)c2c1CC1CC3[C@H](N(C)C)C(O)=C(C(N)=O)C(=O)[C@@]3(O)C(O)=C1C2=O. The molecule has 0 aromatic heterocycles. The van der Waals surface area contributed by atoms with E-state index in [1.165, 1.54) is 19.0 Å². The lowest BCUT2D eigenvalue weighted by Gasteiger charge is -2.50. The molecule has 2 unspecified atom stereocenters. The first-order valence-electron chi connectivity index (χ1n) is 10.8. The molecule has 0 fully saturated rings. The number of amides is 2. The molecule has 0 saturated heterocycles. The number of likely N-dealkylation sites (N-methyl/N-ethyl adjacent to an activating group) is 1. The second kappa shape index (κ2) is 8.50. The molecule has 0 bridgehead atoms. The van der Waals surface area contributed by atoms with Crippen molar-refractivity contribution in [2.24, 2.45) is 17.6 Å². The number of phenols is 1. The summed E-state index contributed by atoms with van der Waals surface area (Å²) in [6.45, 7) is 0. The Kier molecular flexibility index (Phi) is 6.02. The zero-order valence-electron chi connectivity index (χ0n) is 19.5. The minimum absolute atomic E-state index is 0.0201. The summed E-state index contributed by atoms with van der Waals surface area (Å²) in [5.74, 6) is -7.71. The predicted molar refractivity (Wildman–Crippen MR) is 125 cm³/mol. The van der Waals surface area contributed by atoms with E-state index >= 15 is 0 Å². The number of benzene rings is 1. The van der Waals surface area contributed by atoms with Gasteiger partial charge in [0.1, 0.15) is 22.8 Å². The van der Waals surface area contributed by atoms with Crippen LogP contribution in [0.3, 0.4) is 0 Å². The molecular weight excluding hydrogens is 498 g/mol. The molecule has 0 radical (unpaired) electrons. The van der Waals surface area contributed by atoms with Crippen molar-refractivity contribution in [1.29, 1.82) is 0 Å². The number of hydrogen-bond acceptors (Lipinski definition) is 10. The van der Waals surface area contributed by atoms with E-state index in [0.717, 1.165) is 13.2 Å². The Balaban J connectivity index is 1.96. The Morgan fingerprint density at radius 2 is 1.89 bits per heavy atom. The summed E-state index contributed by atoms with van der Waals surface area (Å²) in [6.07, 6.45) is -1.02. The summed E-state index contributed by atoms with van der Waals surface area (Å²) in [5, 5.41) is 46.4. The van der Waals surface area contributed by atoms with E-state index in [-0.39, 0.29) is 40.3 Å². The van der Waals surface area contributed by atoms with Gasteiger partial charge in [0.05, 0.1) is 29.4 Å². The van der Waals surface area contributed by atoms with Crippen molar-refractivity contribution in [2.75, 3.05) is 26.5 Å². The number of rotatable bonds is 3. The third kappa shape index (κ3) is 3.36. The van der Waals surface area contributed by atoms with Crippen molar-refractivity contribution in [2.45, 2.75) is 24.5 Å². The van der Waals surface area contributed by atoms with Gasteiger partial charge in [0.15, 0.2) is 11.4 Å². The lowest BCUT2D eigenvalue weighted by Crippen LogP contribution is -2.63. The number of Topliss-reactive ketones (excluding diaryl/α,β-unsaturated/α-hetero) is 2. The van der Waals surface area contributed by atoms with E-state index in [9.17, 15) is 39.6 Å². The molecule has 13 heteroatoms. The molecule has 2 amide bonds. The van der Waals surface area contributed by atoms with Gasteiger partial charge in [-0.1, -0.05) is 11.6 Å². The summed E-state index contributed by atoms with van der Waals surface area (Å²) in [5.41, 5.74) is 1.26. The Hall–Kier alpha value is -3.61. The Morgan fingerprint density at radius 1 is 1.25 bits per heavy atom. The number of allylic oxidation sites excluding steroid dienone is 1. The molecule has 7 N–H and O–H groups in total. The first kappa shape index (κ1) is 25.5. The number of fused-ring (bicyclic) bond motifs is 3. The van der Waals surface area contributed by atoms with Crippen molar-refractivity contribution in [3.63, 3.8) is 0 Å². The van der Waals surface area contributed by atoms with Crippen LogP contribution in [0.15, 0.2) is 28.7 Å². The normalized spacial score (nSPS) is 27.4. The highest BCUT2D eigenvalue weighted by atomic mass is 35.5. The van der Waals surface area contributed by atoms with E-state index in [1.54, 1.807) is 0 Å². The van der Waals surface area contributed by atoms with Crippen molar-refractivity contribution >= 4 is 40.9 Å². The maximum atomic E-state index is 13.6. The fourth-order valence-electron chi connectivity index (χ4n) is 5.58. The molecule has 3 aliphatic carbocycles. The van der Waals surface area contributed by atoms with Crippen LogP contribution in [0.4, 0.5) is 10.5 Å². The average Bonchev–Trinajstić information content (AvgIpc) is 2.78. The number of ether oxygens (including phenoxy) is 1. The molecule has 3 aliphatic rings. The van der Waals surface area contributed by atoms with Gasteiger partial charge in [-0.05, 0) is 38.4 Å².